The second kappa shape index (κ2) is 5.30. The number of aromatic nitrogens is 3. The fourth-order valence-corrected chi connectivity index (χ4v) is 2.28. The summed E-state index contributed by atoms with van der Waals surface area (Å²) < 4.78 is 1.82. The molecule has 20 heavy (non-hydrogen) atoms. The van der Waals surface area contributed by atoms with Crippen LogP contribution in [0.1, 0.15) is 17.3 Å². The van der Waals surface area contributed by atoms with Crippen LogP contribution in [0.2, 0.25) is 0 Å². The molecule has 0 aliphatic carbocycles. The minimum Gasteiger partial charge on any atom is -0.360 e. The molecule has 0 bridgehead atoms. The van der Waals surface area contributed by atoms with E-state index >= 15 is 0 Å². The number of anilines is 1. The number of hydrogen-bond donors (Lipinski definition) is 2. The molecule has 0 aliphatic heterocycles. The van der Waals surface area contributed by atoms with Crippen LogP contribution >= 0.6 is 0 Å². The van der Waals surface area contributed by atoms with E-state index in [1.165, 1.54) is 0 Å². The fraction of sp³-hybridized carbons (Fsp3) is 0.200. The van der Waals surface area contributed by atoms with Crippen LogP contribution in [0, 0.1) is 6.92 Å². The number of nitrogens with one attached hydrogen (secondary N) is 1. The van der Waals surface area contributed by atoms with Crippen LogP contribution in [-0.2, 0) is 0 Å². The summed E-state index contributed by atoms with van der Waals surface area (Å²) in [4.78, 5) is 4.41. The van der Waals surface area contributed by atoms with Crippen molar-refractivity contribution in [3.8, 4) is 0 Å². The van der Waals surface area contributed by atoms with Crippen molar-refractivity contribution in [2.45, 2.75) is 13.0 Å². The maximum Gasteiger partial charge on any atom is 0.152 e. The van der Waals surface area contributed by atoms with Gasteiger partial charge in [0.15, 0.2) is 5.82 Å². The molecule has 2 heterocycles. The molecule has 0 radical (unpaired) electrons. The average Bonchev–Trinajstić information content (AvgIpc) is 2.86. The molecule has 0 saturated heterocycles. The molecule has 0 spiro atoms. The minimum atomic E-state index is 0.0325. The summed E-state index contributed by atoms with van der Waals surface area (Å²) in [6, 6.07) is 12.2. The number of nitrogens with two attached hydrogens (primary N) is 1. The molecule has 0 fully saturated rings. The van der Waals surface area contributed by atoms with Crippen molar-refractivity contribution >= 4 is 11.3 Å². The topological polar surface area (TPSA) is 68.2 Å². The third-order valence-electron chi connectivity index (χ3n) is 3.26. The summed E-state index contributed by atoms with van der Waals surface area (Å²) in [5, 5.41) is 7.79. The third kappa shape index (κ3) is 2.35. The maximum atomic E-state index is 5.89. The molecule has 3 rings (SSSR count). The van der Waals surface area contributed by atoms with E-state index in [2.05, 4.69) is 27.5 Å². The van der Waals surface area contributed by atoms with Gasteiger partial charge in [-0.2, -0.15) is 5.10 Å². The highest BCUT2D eigenvalue weighted by atomic mass is 15.2. The van der Waals surface area contributed by atoms with E-state index in [4.69, 9.17) is 5.73 Å². The second-order valence-corrected chi connectivity index (χ2v) is 4.73. The average molecular weight is 267 g/mol. The molecule has 0 aliphatic rings. The molecule has 1 aromatic carbocycles. The Bertz CT molecular complexity index is 705. The Kier molecular flexibility index (Phi) is 3.35. The molecule has 5 heteroatoms. The second-order valence-electron chi connectivity index (χ2n) is 4.73. The maximum absolute atomic E-state index is 5.89. The quantitative estimate of drug-likeness (QED) is 0.760. The number of rotatable bonds is 4. The van der Waals surface area contributed by atoms with Gasteiger partial charge in [-0.05, 0) is 18.6 Å². The van der Waals surface area contributed by atoms with E-state index in [0.717, 1.165) is 22.6 Å². The smallest absolute Gasteiger partial charge is 0.152 e. The lowest BCUT2D eigenvalue weighted by molar-refractivity contribution is 0.782. The molecule has 0 amide bonds. The molecule has 5 nitrogen and oxygen atoms in total. The van der Waals surface area contributed by atoms with Crippen LogP contribution in [0.25, 0.3) is 5.52 Å². The molecular formula is C15H17N5. The lowest BCUT2D eigenvalue weighted by Gasteiger charge is -2.18. The lowest BCUT2D eigenvalue weighted by atomic mass is 10.1. The van der Waals surface area contributed by atoms with Crippen molar-refractivity contribution in [1.29, 1.82) is 0 Å². The fourth-order valence-electron chi connectivity index (χ4n) is 2.28. The standard InChI is InChI=1S/C15H17N5/c1-11-9-14-15(17-7-8-20(14)19-11)18-13(10-16)12-5-3-2-4-6-12/h2-9,13H,10,16H2,1H3,(H,17,18). The zero-order valence-corrected chi connectivity index (χ0v) is 11.3. The van der Waals surface area contributed by atoms with Crippen molar-refractivity contribution in [3.05, 3.63) is 60.0 Å². The molecule has 3 N–H and O–H groups in total. The molecule has 0 saturated carbocycles. The highest BCUT2D eigenvalue weighted by molar-refractivity contribution is 5.68. The van der Waals surface area contributed by atoms with Crippen molar-refractivity contribution in [1.82, 2.24) is 14.6 Å². The van der Waals surface area contributed by atoms with Crippen molar-refractivity contribution in [3.63, 3.8) is 0 Å². The Morgan fingerprint density at radius 2 is 2.10 bits per heavy atom. The van der Waals surface area contributed by atoms with E-state index in [1.807, 2.05) is 41.9 Å². The first-order valence-corrected chi connectivity index (χ1v) is 6.60. The van der Waals surface area contributed by atoms with Crippen LogP contribution in [0.15, 0.2) is 48.8 Å². The van der Waals surface area contributed by atoms with Gasteiger partial charge in [0.25, 0.3) is 0 Å². The highest BCUT2D eigenvalue weighted by Crippen LogP contribution is 2.21. The van der Waals surface area contributed by atoms with Crippen LogP contribution in [-0.4, -0.2) is 21.1 Å². The van der Waals surface area contributed by atoms with Crippen molar-refractivity contribution in [2.24, 2.45) is 5.73 Å². The predicted molar refractivity (Wildman–Crippen MR) is 79.6 cm³/mol. The Hall–Kier alpha value is -2.40. The summed E-state index contributed by atoms with van der Waals surface area (Å²) in [7, 11) is 0. The molecule has 1 atom stereocenters. The van der Waals surface area contributed by atoms with Gasteiger partial charge in [0, 0.05) is 18.9 Å². The molecular weight excluding hydrogens is 250 g/mol. The molecule has 1 unspecified atom stereocenters. The number of nitrogens with zero attached hydrogens (tertiary/aromatic N) is 3. The van der Waals surface area contributed by atoms with Gasteiger partial charge in [0.05, 0.1) is 11.7 Å². The monoisotopic (exact) mass is 267 g/mol. The summed E-state index contributed by atoms with van der Waals surface area (Å²) in [6.07, 6.45) is 3.58. The largest absolute Gasteiger partial charge is 0.360 e. The van der Waals surface area contributed by atoms with Gasteiger partial charge in [-0.15, -0.1) is 0 Å². The van der Waals surface area contributed by atoms with Gasteiger partial charge < -0.3 is 11.1 Å². The van der Waals surface area contributed by atoms with Crippen LogP contribution in [0.3, 0.4) is 0 Å². The third-order valence-corrected chi connectivity index (χ3v) is 3.26. The number of fused-ring (bicyclic) bond motifs is 1. The van der Waals surface area contributed by atoms with Gasteiger partial charge in [-0.25, -0.2) is 9.50 Å². The number of benzene rings is 1. The van der Waals surface area contributed by atoms with E-state index in [0.29, 0.717) is 6.54 Å². The van der Waals surface area contributed by atoms with E-state index < -0.39 is 0 Å². The number of hydrogen-bond acceptors (Lipinski definition) is 4. The van der Waals surface area contributed by atoms with Gasteiger partial charge in [0.2, 0.25) is 0 Å². The zero-order valence-electron chi connectivity index (χ0n) is 11.3. The highest BCUT2D eigenvalue weighted by Gasteiger charge is 2.12. The normalized spacial score (nSPS) is 12.5. The van der Waals surface area contributed by atoms with E-state index in [1.54, 1.807) is 6.20 Å². The predicted octanol–water partition coefficient (Wildman–Crippen LogP) is 2.15. The van der Waals surface area contributed by atoms with E-state index in [-0.39, 0.29) is 6.04 Å². The van der Waals surface area contributed by atoms with Crippen molar-refractivity contribution < 1.29 is 0 Å². The minimum absolute atomic E-state index is 0.0325. The van der Waals surface area contributed by atoms with E-state index in [9.17, 15) is 0 Å². The van der Waals surface area contributed by atoms with Crippen molar-refractivity contribution in [2.75, 3.05) is 11.9 Å². The van der Waals surface area contributed by atoms with Gasteiger partial charge in [0.1, 0.15) is 5.52 Å². The Labute approximate surface area is 117 Å². The zero-order chi connectivity index (χ0) is 13.9. The SMILES string of the molecule is Cc1cc2c(NC(CN)c3ccccc3)nccn2n1. The molecule has 3 aromatic rings. The van der Waals surface area contributed by atoms with Gasteiger partial charge in [-0.3, -0.25) is 0 Å². The number of aryl methyl sites for hydroxylation is 1. The van der Waals surface area contributed by atoms with Gasteiger partial charge >= 0.3 is 0 Å². The van der Waals surface area contributed by atoms with Gasteiger partial charge in [-0.1, -0.05) is 30.3 Å². The Morgan fingerprint density at radius 3 is 2.85 bits per heavy atom. The van der Waals surface area contributed by atoms with Crippen LogP contribution in [0.4, 0.5) is 5.82 Å². The lowest BCUT2D eigenvalue weighted by Crippen LogP contribution is -2.21. The first kappa shape index (κ1) is 12.6. The summed E-state index contributed by atoms with van der Waals surface area (Å²) >= 11 is 0. The summed E-state index contributed by atoms with van der Waals surface area (Å²) in [6.45, 7) is 2.47. The first-order chi connectivity index (χ1) is 9.78. The first-order valence-electron chi connectivity index (χ1n) is 6.60. The Balaban J connectivity index is 1.95. The van der Waals surface area contributed by atoms with Crippen LogP contribution < -0.4 is 11.1 Å². The van der Waals surface area contributed by atoms with Crippen LogP contribution in [0.5, 0.6) is 0 Å². The Morgan fingerprint density at radius 1 is 1.30 bits per heavy atom. The molecule has 2 aromatic heterocycles. The summed E-state index contributed by atoms with van der Waals surface area (Å²) in [5.74, 6) is 0.799. The summed E-state index contributed by atoms with van der Waals surface area (Å²) in [5.41, 5.74) is 8.96. The molecule has 102 valence electrons.